The molecule has 2 amide bonds. The maximum Gasteiger partial charge on any atom is 0.306 e. The Morgan fingerprint density at radius 3 is 2.17 bits per heavy atom. The van der Waals surface area contributed by atoms with Gasteiger partial charge in [-0.25, -0.2) is 4.98 Å². The highest BCUT2D eigenvalue weighted by Crippen LogP contribution is 2.33. The van der Waals surface area contributed by atoms with E-state index in [1.54, 1.807) is 12.3 Å². The number of benzene rings is 1. The number of carboxylic acids is 1. The van der Waals surface area contributed by atoms with Crippen LogP contribution >= 0.6 is 11.3 Å². The lowest BCUT2D eigenvalue weighted by atomic mass is 9.83. The van der Waals surface area contributed by atoms with Crippen LogP contribution in [-0.2, 0) is 25.5 Å². The molecule has 10 nitrogen and oxygen atoms in total. The third-order valence-corrected chi connectivity index (χ3v) is 11.1. The lowest BCUT2D eigenvalue weighted by molar-refractivity contribution is -0.144. The number of likely N-dealkylation sites (N-methyl/N-ethyl adjacent to an activating group) is 1. The van der Waals surface area contributed by atoms with Crippen LogP contribution in [-0.4, -0.2) is 76.9 Å². The fourth-order valence-electron chi connectivity index (χ4n) is 6.85. The molecule has 0 aliphatic rings. The molecule has 7 atom stereocenters. The van der Waals surface area contributed by atoms with Gasteiger partial charge >= 0.3 is 5.97 Å². The Morgan fingerprint density at radius 1 is 0.943 bits per heavy atom. The SMILES string of the molecule is CCCO[C@H](C[C@H](C(C)C)N(CCC)C(=O)[C@@H](CC(=O)[C@H](CC(C)C)NC)[C@@H](C)CC)c1nc(C(=O)N[C@@H](Cc2ccccc2)C[C@H](C)C(=O)O)cs1. The summed E-state index contributed by atoms with van der Waals surface area (Å²) in [6.45, 7) is 19.4. The summed E-state index contributed by atoms with van der Waals surface area (Å²) in [4.78, 5) is 60.3. The summed E-state index contributed by atoms with van der Waals surface area (Å²) in [7, 11) is 1.82. The topological polar surface area (TPSA) is 138 Å². The highest BCUT2D eigenvalue weighted by atomic mass is 32.1. The molecule has 0 saturated carbocycles. The van der Waals surface area contributed by atoms with Crippen LogP contribution in [0.25, 0.3) is 0 Å². The number of carboxylic acid groups (broad SMARTS) is 1. The molecule has 0 unspecified atom stereocenters. The molecule has 0 aliphatic heterocycles. The van der Waals surface area contributed by atoms with Gasteiger partial charge in [-0.2, -0.15) is 0 Å². The molecule has 3 N–H and O–H groups in total. The van der Waals surface area contributed by atoms with Gasteiger partial charge in [0.2, 0.25) is 5.91 Å². The second kappa shape index (κ2) is 23.6. The predicted octanol–water partition coefficient (Wildman–Crippen LogP) is 7.97. The van der Waals surface area contributed by atoms with E-state index < -0.39 is 30.0 Å². The van der Waals surface area contributed by atoms with Crippen LogP contribution in [0.15, 0.2) is 35.7 Å². The van der Waals surface area contributed by atoms with Gasteiger partial charge in [0.05, 0.1) is 12.0 Å². The number of hydrogen-bond donors (Lipinski definition) is 3. The molecule has 1 aromatic heterocycles. The summed E-state index contributed by atoms with van der Waals surface area (Å²) in [6.07, 6.45) is 4.12. The first-order chi connectivity index (χ1) is 25.2. The standard InChI is InChI=1S/C42H68N4O6S/c1-11-19-46(41(49)33(29(8)13-3)24-37(47)34(43-10)21-27(4)5)36(28(6)7)25-38(52-20-12-2)40-45-35(26-53-40)39(48)44-32(22-30(9)42(50)51)23-31-17-15-14-16-18-31/h14-18,26-30,32-34,36,38,43H,11-13,19-25H2,1-10H3,(H,44,48)(H,50,51)/t29-,30-,32+,33-,34-,36+,38+/m0/s1. The third kappa shape index (κ3) is 14.9. The first kappa shape index (κ1) is 46.0. The van der Waals surface area contributed by atoms with Gasteiger partial charge in [-0.15, -0.1) is 11.3 Å². The molecule has 0 aliphatic carbocycles. The second-order valence-electron chi connectivity index (χ2n) is 15.5. The zero-order valence-electron chi connectivity index (χ0n) is 34.0. The number of aromatic nitrogens is 1. The van der Waals surface area contributed by atoms with Crippen molar-refractivity contribution in [2.24, 2.45) is 29.6 Å². The Hall–Kier alpha value is -3.15. The van der Waals surface area contributed by atoms with Crippen LogP contribution in [0.4, 0.5) is 0 Å². The molecule has 1 aromatic carbocycles. The molecule has 0 saturated heterocycles. The number of ketones is 1. The van der Waals surface area contributed by atoms with E-state index >= 15 is 0 Å². The fraction of sp³-hybridized carbons (Fsp3) is 0.690. The number of hydrogen-bond acceptors (Lipinski definition) is 8. The number of amides is 2. The number of ether oxygens (including phenoxy) is 1. The molecule has 2 rings (SSSR count). The maximum absolute atomic E-state index is 14.6. The van der Waals surface area contributed by atoms with Crippen molar-refractivity contribution in [2.45, 2.75) is 138 Å². The van der Waals surface area contributed by atoms with Gasteiger partial charge in [-0.1, -0.05) is 99.1 Å². The molecule has 2 aromatic rings. The van der Waals surface area contributed by atoms with E-state index in [9.17, 15) is 24.3 Å². The van der Waals surface area contributed by atoms with Crippen LogP contribution in [0, 0.1) is 29.6 Å². The largest absolute Gasteiger partial charge is 0.481 e. The lowest BCUT2D eigenvalue weighted by Gasteiger charge is -2.39. The molecule has 11 heteroatoms. The van der Waals surface area contributed by atoms with Crippen LogP contribution in [0.1, 0.15) is 134 Å². The smallest absolute Gasteiger partial charge is 0.306 e. The van der Waals surface area contributed by atoms with Crippen molar-refractivity contribution < 1.29 is 29.0 Å². The van der Waals surface area contributed by atoms with E-state index in [1.807, 2.05) is 49.2 Å². The molecule has 0 spiro atoms. The number of nitrogens with one attached hydrogen (secondary N) is 2. The molecule has 1 heterocycles. The van der Waals surface area contributed by atoms with Gasteiger partial charge in [0.25, 0.3) is 5.91 Å². The quantitative estimate of drug-likeness (QED) is 0.0879. The van der Waals surface area contributed by atoms with Crippen LogP contribution in [0.2, 0.25) is 0 Å². The van der Waals surface area contributed by atoms with Crippen molar-refractivity contribution in [2.75, 3.05) is 20.2 Å². The minimum absolute atomic E-state index is 0.0149. The number of Topliss-reactive ketones (excluding diaryl/α,β-unsaturated/α-hetero) is 1. The monoisotopic (exact) mass is 756 g/mol. The summed E-state index contributed by atoms with van der Waals surface area (Å²) in [5.74, 6) is -1.75. The zero-order valence-corrected chi connectivity index (χ0v) is 34.8. The summed E-state index contributed by atoms with van der Waals surface area (Å²) in [6, 6.07) is 8.84. The number of carbonyl (C=O) groups excluding carboxylic acids is 3. The van der Waals surface area contributed by atoms with Crippen molar-refractivity contribution in [1.82, 2.24) is 20.5 Å². The van der Waals surface area contributed by atoms with E-state index in [-0.39, 0.29) is 60.1 Å². The van der Waals surface area contributed by atoms with Crippen LogP contribution in [0.5, 0.6) is 0 Å². The van der Waals surface area contributed by atoms with Gasteiger partial charge in [0, 0.05) is 49.4 Å². The number of thiazole rings is 1. The Morgan fingerprint density at radius 2 is 1.62 bits per heavy atom. The van der Waals surface area contributed by atoms with E-state index in [0.29, 0.717) is 36.9 Å². The van der Waals surface area contributed by atoms with E-state index in [1.165, 1.54) is 11.3 Å². The van der Waals surface area contributed by atoms with Crippen LogP contribution in [0.3, 0.4) is 0 Å². The zero-order chi connectivity index (χ0) is 39.7. The Labute approximate surface area is 323 Å². The van der Waals surface area contributed by atoms with Crippen molar-refractivity contribution in [1.29, 1.82) is 0 Å². The maximum atomic E-state index is 14.6. The van der Waals surface area contributed by atoms with Crippen molar-refractivity contribution in [3.05, 3.63) is 52.0 Å². The summed E-state index contributed by atoms with van der Waals surface area (Å²) < 4.78 is 6.43. The average Bonchev–Trinajstić information content (AvgIpc) is 3.62. The van der Waals surface area contributed by atoms with E-state index in [4.69, 9.17) is 9.72 Å². The lowest BCUT2D eigenvalue weighted by Crippen LogP contribution is -2.49. The number of nitrogens with zero attached hydrogens (tertiary/aromatic N) is 2. The average molecular weight is 757 g/mol. The highest BCUT2D eigenvalue weighted by molar-refractivity contribution is 7.09. The van der Waals surface area contributed by atoms with Gasteiger partial charge in [-0.05, 0) is 62.5 Å². The summed E-state index contributed by atoms with van der Waals surface area (Å²) in [5.41, 5.74) is 1.26. The molecule has 0 fully saturated rings. The van der Waals surface area contributed by atoms with Crippen LogP contribution < -0.4 is 10.6 Å². The highest BCUT2D eigenvalue weighted by Gasteiger charge is 2.37. The van der Waals surface area contributed by atoms with Gasteiger partial charge < -0.3 is 25.4 Å². The van der Waals surface area contributed by atoms with Crippen molar-refractivity contribution in [3.8, 4) is 0 Å². The van der Waals surface area contributed by atoms with Gasteiger partial charge in [-0.3, -0.25) is 19.2 Å². The van der Waals surface area contributed by atoms with E-state index in [0.717, 1.165) is 31.2 Å². The summed E-state index contributed by atoms with van der Waals surface area (Å²) >= 11 is 1.36. The molecule has 0 radical (unpaired) electrons. The van der Waals surface area contributed by atoms with Crippen molar-refractivity contribution >= 4 is 34.9 Å². The van der Waals surface area contributed by atoms with Gasteiger partial charge in [0.1, 0.15) is 16.8 Å². The first-order valence-corrected chi connectivity index (χ1v) is 20.7. The van der Waals surface area contributed by atoms with E-state index in [2.05, 4.69) is 59.1 Å². The Kier molecular flexibility index (Phi) is 20.5. The Bertz CT molecular complexity index is 1400. The predicted molar refractivity (Wildman–Crippen MR) is 214 cm³/mol. The second-order valence-corrected chi connectivity index (χ2v) is 16.4. The minimum atomic E-state index is -0.908. The normalized spacial score (nSPS) is 15.7. The van der Waals surface area contributed by atoms with Gasteiger partial charge in [0.15, 0.2) is 5.78 Å². The fourth-order valence-corrected chi connectivity index (χ4v) is 7.71. The molecule has 298 valence electrons. The number of rotatable bonds is 26. The van der Waals surface area contributed by atoms with Crippen molar-refractivity contribution in [3.63, 3.8) is 0 Å². The molecular weight excluding hydrogens is 689 g/mol. The molecule has 0 bridgehead atoms. The number of carbonyl (C=O) groups is 4. The third-order valence-electron chi connectivity index (χ3n) is 10.2. The Balaban J connectivity index is 2.40. The molecule has 53 heavy (non-hydrogen) atoms. The summed E-state index contributed by atoms with van der Waals surface area (Å²) in [5, 5.41) is 18.2. The minimum Gasteiger partial charge on any atom is -0.481 e. The molecular formula is C42H68N4O6S. The number of aliphatic carboxylic acids is 1. The first-order valence-electron chi connectivity index (χ1n) is 19.8.